The van der Waals surface area contributed by atoms with E-state index in [9.17, 15) is 4.39 Å². The van der Waals surface area contributed by atoms with Crippen molar-refractivity contribution in [1.29, 1.82) is 0 Å². The Morgan fingerprint density at radius 1 is 0.636 bits per heavy atom. The van der Waals surface area contributed by atoms with Crippen LogP contribution in [0, 0.1) is 5.82 Å². The first-order chi connectivity index (χ1) is 21.8. The van der Waals surface area contributed by atoms with Gasteiger partial charge in [0.25, 0.3) is 0 Å². The molecule has 4 rings (SSSR count). The summed E-state index contributed by atoms with van der Waals surface area (Å²) >= 11 is 0. The molecule has 1 heterocycles. The van der Waals surface area contributed by atoms with E-state index in [0.29, 0.717) is 59.5 Å². The van der Waals surface area contributed by atoms with Crippen molar-refractivity contribution in [3.8, 4) is 5.75 Å². The van der Waals surface area contributed by atoms with E-state index in [1.54, 1.807) is 0 Å². The summed E-state index contributed by atoms with van der Waals surface area (Å²) in [4.78, 5) is 0. The van der Waals surface area contributed by atoms with E-state index in [-0.39, 0.29) is 5.82 Å². The van der Waals surface area contributed by atoms with E-state index in [1.165, 1.54) is 12.1 Å². The number of rotatable bonds is 22. The van der Waals surface area contributed by atoms with Crippen molar-refractivity contribution in [1.82, 2.24) is 5.32 Å². The predicted molar refractivity (Wildman–Crippen MR) is 173 cm³/mol. The highest BCUT2D eigenvalue weighted by molar-refractivity contribution is 5.78. The summed E-state index contributed by atoms with van der Waals surface area (Å²) in [5.41, 5.74) is 3.14. The molecule has 3 aromatic carbocycles. The minimum atomic E-state index is -0.211. The normalized spacial score (nSPS) is 11.0. The largest absolute Gasteiger partial charge is 0.494 e. The first-order valence-electron chi connectivity index (χ1n) is 15.7. The van der Waals surface area contributed by atoms with Crippen molar-refractivity contribution in [2.24, 2.45) is 0 Å². The van der Waals surface area contributed by atoms with Gasteiger partial charge in [-0.15, -0.1) is 0 Å². The number of nitrogens with one attached hydrogen (secondary N) is 1. The minimum Gasteiger partial charge on any atom is -0.494 e. The molecule has 1 aromatic heterocycles. The smallest absolute Gasteiger partial charge is 0.134 e. The van der Waals surface area contributed by atoms with Gasteiger partial charge in [-0.3, -0.25) is 0 Å². The highest BCUT2D eigenvalue weighted by Crippen LogP contribution is 2.22. The lowest BCUT2D eigenvalue weighted by molar-refractivity contribution is -0.00240. The molecule has 44 heavy (non-hydrogen) atoms. The summed E-state index contributed by atoms with van der Waals surface area (Å²) in [6.45, 7) is 10.7. The number of fused-ring (bicyclic) bond motifs is 1. The Kier molecular flexibility index (Phi) is 17.8. The Balaban J connectivity index is 0.00000259. The number of benzene rings is 3. The number of aryl methyl sites for hydroxylation is 2. The molecule has 0 amide bonds. The summed E-state index contributed by atoms with van der Waals surface area (Å²) < 4.78 is 47.0. The third-order valence-corrected chi connectivity index (χ3v) is 6.52. The molecule has 0 radical (unpaired) electrons. The maximum atomic E-state index is 13.1. The van der Waals surface area contributed by atoms with Crippen LogP contribution in [-0.2, 0) is 38.3 Å². The van der Waals surface area contributed by atoms with Gasteiger partial charge < -0.3 is 33.4 Å². The van der Waals surface area contributed by atoms with Gasteiger partial charge in [0.15, 0.2) is 0 Å². The summed E-state index contributed by atoms with van der Waals surface area (Å²) in [7, 11) is 0. The van der Waals surface area contributed by atoms with Crippen molar-refractivity contribution in [3.63, 3.8) is 0 Å². The van der Waals surface area contributed by atoms with Crippen LogP contribution in [0.15, 0.2) is 83.3 Å². The second kappa shape index (κ2) is 22.3. The fourth-order valence-corrected chi connectivity index (χ4v) is 4.29. The lowest BCUT2D eigenvalue weighted by Crippen LogP contribution is -2.20. The second-order valence-corrected chi connectivity index (χ2v) is 9.85. The van der Waals surface area contributed by atoms with E-state index >= 15 is 0 Å². The monoisotopic (exact) mass is 609 g/mol. The predicted octanol–water partition coefficient (Wildman–Crippen LogP) is 7.01. The highest BCUT2D eigenvalue weighted by Gasteiger charge is 2.06. The molecule has 0 spiro atoms. The van der Waals surface area contributed by atoms with Gasteiger partial charge in [0, 0.05) is 37.9 Å². The lowest BCUT2D eigenvalue weighted by Gasteiger charge is -2.08. The van der Waals surface area contributed by atoms with Crippen LogP contribution >= 0.6 is 0 Å². The minimum absolute atomic E-state index is 0.211. The second-order valence-electron chi connectivity index (χ2n) is 9.85. The van der Waals surface area contributed by atoms with Crippen LogP contribution in [-0.4, -0.2) is 66.0 Å². The van der Waals surface area contributed by atoms with Gasteiger partial charge in [-0.25, -0.2) is 4.39 Å². The first-order valence-corrected chi connectivity index (χ1v) is 15.7. The maximum Gasteiger partial charge on any atom is 0.134 e. The average Bonchev–Trinajstić information content (AvgIpc) is 3.47. The SMILES string of the molecule is CC.Fc1ccc(CCc2cc3ccc(CNCCOCCOCCOCCOCCCOc4ccccc4)cc3o2)cc1. The molecule has 0 saturated carbocycles. The molecule has 0 atom stereocenters. The Hall–Kier alpha value is -3.27. The van der Waals surface area contributed by atoms with Crippen molar-refractivity contribution in [2.75, 3.05) is 66.0 Å². The fraction of sp³-hybridized carbons (Fsp3) is 0.444. The molecular formula is C36H48FNO6. The van der Waals surface area contributed by atoms with Gasteiger partial charge >= 0.3 is 0 Å². The van der Waals surface area contributed by atoms with Crippen LogP contribution in [0.1, 0.15) is 37.2 Å². The van der Waals surface area contributed by atoms with Crippen LogP contribution in [0.2, 0.25) is 0 Å². The highest BCUT2D eigenvalue weighted by atomic mass is 19.1. The molecule has 240 valence electrons. The quantitative estimate of drug-likeness (QED) is 0.0962. The molecule has 1 N–H and O–H groups in total. The number of hydrogen-bond acceptors (Lipinski definition) is 7. The Bertz CT molecular complexity index is 1260. The number of hydrogen-bond donors (Lipinski definition) is 1. The molecule has 0 bridgehead atoms. The topological polar surface area (TPSA) is 71.3 Å². The van der Waals surface area contributed by atoms with E-state index < -0.39 is 0 Å². The van der Waals surface area contributed by atoms with E-state index in [2.05, 4.69) is 29.6 Å². The molecule has 8 heteroatoms. The molecule has 7 nitrogen and oxygen atoms in total. The molecule has 0 fully saturated rings. The molecule has 0 saturated heterocycles. The molecule has 0 unspecified atom stereocenters. The van der Waals surface area contributed by atoms with E-state index in [4.69, 9.17) is 28.1 Å². The van der Waals surface area contributed by atoms with Crippen LogP contribution in [0.25, 0.3) is 11.0 Å². The van der Waals surface area contributed by atoms with Crippen LogP contribution in [0.4, 0.5) is 4.39 Å². The molecule has 0 aliphatic rings. The lowest BCUT2D eigenvalue weighted by atomic mass is 10.1. The van der Waals surface area contributed by atoms with Crippen molar-refractivity contribution in [3.05, 3.63) is 102 Å². The number of ether oxygens (including phenoxy) is 5. The molecular weight excluding hydrogens is 561 g/mol. The zero-order chi connectivity index (χ0) is 31.1. The van der Waals surface area contributed by atoms with Crippen molar-refractivity contribution < 1.29 is 32.5 Å². The Morgan fingerprint density at radius 3 is 1.98 bits per heavy atom. The molecule has 0 aliphatic carbocycles. The van der Waals surface area contributed by atoms with Crippen LogP contribution in [0.3, 0.4) is 0 Å². The molecule has 4 aromatic rings. The third kappa shape index (κ3) is 14.5. The van der Waals surface area contributed by atoms with Gasteiger partial charge in [-0.1, -0.05) is 56.3 Å². The summed E-state index contributed by atoms with van der Waals surface area (Å²) in [6, 6.07) is 24.8. The maximum absolute atomic E-state index is 13.1. The third-order valence-electron chi connectivity index (χ3n) is 6.52. The number of furan rings is 1. The Morgan fingerprint density at radius 2 is 1.27 bits per heavy atom. The van der Waals surface area contributed by atoms with Crippen molar-refractivity contribution in [2.45, 2.75) is 39.7 Å². The number of para-hydroxylation sites is 1. The average molecular weight is 610 g/mol. The summed E-state index contributed by atoms with van der Waals surface area (Å²) in [6.07, 6.45) is 2.44. The van der Waals surface area contributed by atoms with E-state index in [1.807, 2.05) is 56.3 Å². The van der Waals surface area contributed by atoms with Gasteiger partial charge in [0.1, 0.15) is 22.9 Å². The Labute approximate surface area is 261 Å². The fourth-order valence-electron chi connectivity index (χ4n) is 4.29. The van der Waals surface area contributed by atoms with Crippen molar-refractivity contribution >= 4 is 11.0 Å². The summed E-state index contributed by atoms with van der Waals surface area (Å²) in [5, 5.41) is 4.49. The summed E-state index contributed by atoms with van der Waals surface area (Å²) in [5.74, 6) is 1.61. The van der Waals surface area contributed by atoms with Gasteiger partial charge in [-0.2, -0.15) is 0 Å². The number of halogens is 1. The van der Waals surface area contributed by atoms with Crippen LogP contribution in [0.5, 0.6) is 5.75 Å². The van der Waals surface area contributed by atoms with Gasteiger partial charge in [-0.05, 0) is 53.9 Å². The van der Waals surface area contributed by atoms with Crippen LogP contribution < -0.4 is 10.1 Å². The van der Waals surface area contributed by atoms with Gasteiger partial charge in [0.2, 0.25) is 0 Å². The van der Waals surface area contributed by atoms with E-state index in [0.717, 1.165) is 66.0 Å². The zero-order valence-electron chi connectivity index (χ0n) is 26.2. The first kappa shape index (κ1) is 35.2. The molecule has 0 aliphatic heterocycles. The zero-order valence-corrected chi connectivity index (χ0v) is 26.2. The van der Waals surface area contributed by atoms with Gasteiger partial charge in [0.05, 0.1) is 52.9 Å². The standard InChI is InChI=1S/C34H42FNO6.C2H6/c35-31-12-8-28(9-13-31)10-14-33-26-30-11-7-29(25-34(30)42-33)27-36-15-18-38-20-22-40-24-23-39-21-19-37-16-4-17-41-32-5-2-1-3-6-32;1-2/h1-3,5-9,11-13,25-26,36H,4,10,14-24,27H2;1-2H3.